The molecular weight excluding hydrogens is 372 g/mol. The molecule has 0 aliphatic rings. The highest BCUT2D eigenvalue weighted by Crippen LogP contribution is 2.17. The summed E-state index contributed by atoms with van der Waals surface area (Å²) in [6.07, 6.45) is 3.20. The predicted molar refractivity (Wildman–Crippen MR) is 96.1 cm³/mol. The Labute approximate surface area is 148 Å². The number of benzene rings is 1. The number of nitrogens with one attached hydrogen (secondary N) is 1. The Hall–Kier alpha value is -2.21. The van der Waals surface area contributed by atoms with Crippen LogP contribution in [-0.4, -0.2) is 22.8 Å². The van der Waals surface area contributed by atoms with Crippen LogP contribution in [0.3, 0.4) is 0 Å². The number of amides is 1. The minimum absolute atomic E-state index is 0.379. The molecule has 0 saturated carbocycles. The summed E-state index contributed by atoms with van der Waals surface area (Å²) in [5.74, 6) is -0.880. The van der Waals surface area contributed by atoms with E-state index in [9.17, 15) is 14.4 Å². The summed E-state index contributed by atoms with van der Waals surface area (Å²) >= 11 is 3.31. The third-order valence-corrected chi connectivity index (χ3v) is 4.11. The van der Waals surface area contributed by atoms with Crippen LogP contribution in [-0.2, 0) is 4.79 Å². The number of aromatic nitrogens is 1. The van der Waals surface area contributed by atoms with Gasteiger partial charge in [0.25, 0.3) is 11.5 Å². The van der Waals surface area contributed by atoms with Crippen molar-refractivity contribution in [2.45, 2.75) is 25.8 Å². The van der Waals surface area contributed by atoms with Gasteiger partial charge in [-0.05, 0) is 24.6 Å². The van der Waals surface area contributed by atoms with Gasteiger partial charge in [-0.25, -0.2) is 0 Å². The van der Waals surface area contributed by atoms with Crippen molar-refractivity contribution < 1.29 is 9.59 Å². The highest BCUT2D eigenvalue weighted by atomic mass is 79.9. The smallest absolute Gasteiger partial charge is 0.251 e. The number of nitrogens with zero attached hydrogens (tertiary/aromatic N) is 1. The second-order valence-electron chi connectivity index (χ2n) is 5.36. The van der Waals surface area contributed by atoms with Gasteiger partial charge in [0.15, 0.2) is 11.8 Å². The number of hydrogen-bond acceptors (Lipinski definition) is 3. The molecule has 2 aromatic rings. The molecule has 0 bridgehead atoms. The molecule has 0 spiro atoms. The maximum atomic E-state index is 12.8. The van der Waals surface area contributed by atoms with Gasteiger partial charge in [0, 0.05) is 28.8 Å². The maximum absolute atomic E-state index is 12.8. The number of pyridine rings is 1. The average Bonchev–Trinajstić information content (AvgIpc) is 2.57. The summed E-state index contributed by atoms with van der Waals surface area (Å²) in [7, 11) is 0. The molecule has 0 aliphatic carbocycles. The van der Waals surface area contributed by atoms with E-state index < -0.39 is 23.3 Å². The van der Waals surface area contributed by atoms with Gasteiger partial charge in [0.1, 0.15) is 0 Å². The molecule has 1 aromatic heterocycles. The van der Waals surface area contributed by atoms with Crippen LogP contribution in [0, 0.1) is 0 Å². The average molecular weight is 391 g/mol. The molecule has 1 N–H and O–H groups in total. The third-order valence-electron chi connectivity index (χ3n) is 3.58. The van der Waals surface area contributed by atoms with Crippen molar-refractivity contribution in [3.63, 3.8) is 0 Å². The van der Waals surface area contributed by atoms with E-state index in [1.165, 1.54) is 16.8 Å². The largest absolute Gasteiger partial charge is 0.354 e. The molecule has 1 heterocycles. The molecule has 1 amide bonds. The van der Waals surface area contributed by atoms with Crippen molar-refractivity contribution in [2.75, 3.05) is 6.54 Å². The van der Waals surface area contributed by atoms with Crippen molar-refractivity contribution in [3.05, 3.63) is 69.1 Å². The van der Waals surface area contributed by atoms with Crippen molar-refractivity contribution >= 4 is 27.6 Å². The summed E-state index contributed by atoms with van der Waals surface area (Å²) in [6, 6.07) is 10.1. The van der Waals surface area contributed by atoms with Gasteiger partial charge >= 0.3 is 0 Å². The molecule has 126 valence electrons. The van der Waals surface area contributed by atoms with Crippen LogP contribution in [0.5, 0.6) is 0 Å². The van der Waals surface area contributed by atoms with Crippen LogP contribution in [0.15, 0.2) is 57.9 Å². The van der Waals surface area contributed by atoms with E-state index >= 15 is 0 Å². The predicted octanol–water partition coefficient (Wildman–Crippen LogP) is 2.95. The van der Waals surface area contributed by atoms with E-state index in [4.69, 9.17) is 0 Å². The standard InChI is InChI=1S/C18H19BrN2O3/c1-2-3-11-20-18(24)16(21-12-5-4-6-15(21)22)17(23)13-7-9-14(19)10-8-13/h4-10,12,16H,2-3,11H2,1H3,(H,20,24)/t16-/m0/s1. The van der Waals surface area contributed by atoms with Gasteiger partial charge in [0.05, 0.1) is 0 Å². The van der Waals surface area contributed by atoms with Gasteiger partial charge in [-0.2, -0.15) is 0 Å². The molecule has 5 nitrogen and oxygen atoms in total. The molecule has 6 heteroatoms. The normalized spacial score (nSPS) is 11.8. The van der Waals surface area contributed by atoms with Gasteiger partial charge in [0.2, 0.25) is 0 Å². The number of ketones is 1. The van der Waals surface area contributed by atoms with Gasteiger partial charge < -0.3 is 5.32 Å². The molecule has 0 saturated heterocycles. The second-order valence-corrected chi connectivity index (χ2v) is 6.28. The monoisotopic (exact) mass is 390 g/mol. The number of rotatable bonds is 7. The summed E-state index contributed by atoms with van der Waals surface area (Å²) in [5, 5.41) is 2.74. The van der Waals surface area contributed by atoms with Crippen LogP contribution in [0.1, 0.15) is 36.2 Å². The minimum atomic E-state index is -1.21. The van der Waals surface area contributed by atoms with Crippen molar-refractivity contribution in [1.29, 1.82) is 0 Å². The molecule has 1 atom stereocenters. The van der Waals surface area contributed by atoms with E-state index in [1.807, 2.05) is 6.92 Å². The molecular formula is C18H19BrN2O3. The fourth-order valence-electron chi connectivity index (χ4n) is 2.28. The molecule has 0 radical (unpaired) electrons. The van der Waals surface area contributed by atoms with Crippen LogP contribution in [0.25, 0.3) is 0 Å². The Morgan fingerprint density at radius 1 is 1.17 bits per heavy atom. The number of carbonyl (C=O) groups excluding carboxylic acids is 2. The lowest BCUT2D eigenvalue weighted by atomic mass is 10.0. The number of hydrogen-bond donors (Lipinski definition) is 1. The van der Waals surface area contributed by atoms with E-state index in [-0.39, 0.29) is 0 Å². The molecule has 0 aliphatic heterocycles. The SMILES string of the molecule is CCCCNC(=O)[C@H](C(=O)c1ccc(Br)cc1)n1ccccc1=O. The van der Waals surface area contributed by atoms with Crippen molar-refractivity contribution in [3.8, 4) is 0 Å². The molecule has 0 unspecified atom stereocenters. The first-order valence-electron chi connectivity index (χ1n) is 7.79. The van der Waals surface area contributed by atoms with Gasteiger partial charge in [-0.3, -0.25) is 19.0 Å². The van der Waals surface area contributed by atoms with E-state index in [1.54, 1.807) is 36.4 Å². The minimum Gasteiger partial charge on any atom is -0.354 e. The Kier molecular flexibility index (Phi) is 6.49. The van der Waals surface area contributed by atoms with Crippen LogP contribution in [0.2, 0.25) is 0 Å². The summed E-state index contributed by atoms with van der Waals surface area (Å²) in [6.45, 7) is 2.49. The Balaban J connectivity index is 2.37. The first-order chi connectivity index (χ1) is 11.5. The molecule has 2 rings (SSSR count). The Morgan fingerprint density at radius 3 is 2.50 bits per heavy atom. The van der Waals surface area contributed by atoms with Crippen LogP contribution < -0.4 is 10.9 Å². The number of carbonyl (C=O) groups is 2. The zero-order chi connectivity index (χ0) is 17.5. The third kappa shape index (κ3) is 4.41. The molecule has 24 heavy (non-hydrogen) atoms. The second kappa shape index (κ2) is 8.59. The lowest BCUT2D eigenvalue weighted by Gasteiger charge is -2.18. The zero-order valence-corrected chi connectivity index (χ0v) is 15.0. The lowest BCUT2D eigenvalue weighted by molar-refractivity contribution is -0.123. The van der Waals surface area contributed by atoms with E-state index in [0.29, 0.717) is 12.1 Å². The molecule has 1 aromatic carbocycles. The van der Waals surface area contributed by atoms with E-state index in [2.05, 4.69) is 21.2 Å². The lowest BCUT2D eigenvalue weighted by Crippen LogP contribution is -2.41. The first-order valence-corrected chi connectivity index (χ1v) is 8.58. The number of unbranched alkanes of at least 4 members (excludes halogenated alkanes) is 1. The highest BCUT2D eigenvalue weighted by Gasteiger charge is 2.29. The maximum Gasteiger partial charge on any atom is 0.251 e. The van der Waals surface area contributed by atoms with Crippen LogP contribution >= 0.6 is 15.9 Å². The number of Topliss-reactive ketones (excluding diaryl/α,β-unsaturated/α-hetero) is 1. The zero-order valence-electron chi connectivity index (χ0n) is 13.4. The van der Waals surface area contributed by atoms with Crippen LogP contribution in [0.4, 0.5) is 0 Å². The summed E-state index contributed by atoms with van der Waals surface area (Å²) in [4.78, 5) is 37.5. The number of halogens is 1. The Bertz CT molecular complexity index is 768. The van der Waals surface area contributed by atoms with Crippen molar-refractivity contribution in [2.24, 2.45) is 0 Å². The fourth-order valence-corrected chi connectivity index (χ4v) is 2.55. The summed E-state index contributed by atoms with van der Waals surface area (Å²) < 4.78 is 2.01. The topological polar surface area (TPSA) is 68.2 Å². The summed E-state index contributed by atoms with van der Waals surface area (Å²) in [5.41, 5.74) is -0.0109. The first kappa shape index (κ1) is 18.1. The van der Waals surface area contributed by atoms with Crippen molar-refractivity contribution in [1.82, 2.24) is 9.88 Å². The quantitative estimate of drug-likeness (QED) is 0.448. The highest BCUT2D eigenvalue weighted by molar-refractivity contribution is 9.10. The fraction of sp³-hybridized carbons (Fsp3) is 0.278. The Morgan fingerprint density at radius 2 is 1.88 bits per heavy atom. The van der Waals surface area contributed by atoms with Gasteiger partial charge in [-0.1, -0.05) is 47.5 Å². The van der Waals surface area contributed by atoms with E-state index in [0.717, 1.165) is 17.3 Å². The van der Waals surface area contributed by atoms with Gasteiger partial charge in [-0.15, -0.1) is 0 Å². The molecule has 0 fully saturated rings.